The van der Waals surface area contributed by atoms with Gasteiger partial charge in [-0.1, -0.05) is 0 Å². The van der Waals surface area contributed by atoms with Gasteiger partial charge < -0.3 is 5.32 Å². The molecule has 0 aliphatic carbocycles. The molecule has 0 atom stereocenters. The van der Waals surface area contributed by atoms with E-state index >= 15 is 0 Å². The third-order valence-electron chi connectivity index (χ3n) is 2.75. The van der Waals surface area contributed by atoms with Crippen molar-refractivity contribution in [1.29, 1.82) is 0 Å². The summed E-state index contributed by atoms with van der Waals surface area (Å²) in [5, 5.41) is 6.76. The van der Waals surface area contributed by atoms with E-state index < -0.39 is 0 Å². The van der Waals surface area contributed by atoms with Gasteiger partial charge in [0.05, 0.1) is 0 Å². The second-order valence-corrected chi connectivity index (χ2v) is 4.93. The van der Waals surface area contributed by atoms with Crippen molar-refractivity contribution >= 4 is 23.4 Å². The van der Waals surface area contributed by atoms with Crippen LogP contribution in [0.1, 0.15) is 17.4 Å². The molecule has 0 saturated heterocycles. The molecule has 5 nitrogen and oxygen atoms in total. The lowest BCUT2D eigenvalue weighted by Gasteiger charge is -2.07. The summed E-state index contributed by atoms with van der Waals surface area (Å²) in [4.78, 5) is 24.6. The average Bonchev–Trinajstić information content (AvgIpc) is 2.48. The van der Waals surface area contributed by atoms with Crippen LogP contribution in [0.2, 0.25) is 0 Å². The zero-order valence-electron chi connectivity index (χ0n) is 11.3. The molecule has 1 aromatic carbocycles. The number of rotatable bonds is 4. The highest BCUT2D eigenvalue weighted by Gasteiger charge is 2.09. The van der Waals surface area contributed by atoms with Crippen molar-refractivity contribution in [3.63, 3.8) is 0 Å². The molecule has 2 aromatic rings. The second kappa shape index (κ2) is 6.38. The molecule has 1 amide bonds. The molecule has 104 valence electrons. The molecular formula is C14H15N3O2S. The topological polar surface area (TPSA) is 64.0 Å². The maximum atomic E-state index is 12.1. The molecule has 0 saturated carbocycles. The van der Waals surface area contributed by atoms with Crippen LogP contribution in [0, 0.1) is 0 Å². The van der Waals surface area contributed by atoms with E-state index in [-0.39, 0.29) is 17.2 Å². The van der Waals surface area contributed by atoms with Crippen molar-refractivity contribution in [2.45, 2.75) is 18.4 Å². The standard InChI is InChI=1S/C14H15N3O2S/c1-3-17-13(18)9-8-12(16-17)14(19)15-10-4-6-11(20-2)7-5-10/h4-9H,3H2,1-2H3,(H,15,19). The lowest BCUT2D eigenvalue weighted by atomic mass is 10.3. The Morgan fingerprint density at radius 2 is 1.95 bits per heavy atom. The van der Waals surface area contributed by atoms with Gasteiger partial charge in [0.2, 0.25) is 0 Å². The van der Waals surface area contributed by atoms with Gasteiger partial charge in [-0.25, -0.2) is 4.68 Å². The third kappa shape index (κ3) is 3.27. The van der Waals surface area contributed by atoms with Gasteiger partial charge in [-0.05, 0) is 43.5 Å². The summed E-state index contributed by atoms with van der Waals surface area (Å²) in [5.74, 6) is -0.330. The SMILES string of the molecule is CCn1nc(C(=O)Nc2ccc(SC)cc2)ccc1=O. The van der Waals surface area contributed by atoms with E-state index in [0.717, 1.165) is 4.90 Å². The summed E-state index contributed by atoms with van der Waals surface area (Å²) in [6.45, 7) is 2.24. The summed E-state index contributed by atoms with van der Waals surface area (Å²) in [7, 11) is 0. The van der Waals surface area contributed by atoms with Gasteiger partial charge in [0, 0.05) is 23.2 Å². The second-order valence-electron chi connectivity index (χ2n) is 4.06. The molecule has 0 bridgehead atoms. The first-order chi connectivity index (χ1) is 9.63. The van der Waals surface area contributed by atoms with Crippen LogP contribution >= 0.6 is 11.8 Å². The molecular weight excluding hydrogens is 274 g/mol. The van der Waals surface area contributed by atoms with Gasteiger partial charge in [-0.3, -0.25) is 9.59 Å². The number of carbonyl (C=O) groups is 1. The molecule has 0 spiro atoms. The normalized spacial score (nSPS) is 10.3. The summed E-state index contributed by atoms with van der Waals surface area (Å²) in [6.07, 6.45) is 1.99. The van der Waals surface area contributed by atoms with Gasteiger partial charge in [0.1, 0.15) is 5.69 Å². The Balaban J connectivity index is 2.16. The van der Waals surface area contributed by atoms with E-state index in [1.807, 2.05) is 30.5 Å². The number of thioether (sulfide) groups is 1. The van der Waals surface area contributed by atoms with Crippen molar-refractivity contribution in [2.75, 3.05) is 11.6 Å². The minimum Gasteiger partial charge on any atom is -0.321 e. The Morgan fingerprint density at radius 1 is 1.25 bits per heavy atom. The molecule has 20 heavy (non-hydrogen) atoms. The van der Waals surface area contributed by atoms with Gasteiger partial charge in [-0.15, -0.1) is 11.8 Å². The molecule has 1 heterocycles. The molecule has 1 aromatic heterocycles. The van der Waals surface area contributed by atoms with Crippen LogP contribution in [0.25, 0.3) is 0 Å². The van der Waals surface area contributed by atoms with Crippen LogP contribution in [0.5, 0.6) is 0 Å². The van der Waals surface area contributed by atoms with Crippen LogP contribution in [0.4, 0.5) is 5.69 Å². The Morgan fingerprint density at radius 3 is 2.55 bits per heavy atom. The van der Waals surface area contributed by atoms with Crippen LogP contribution in [-0.4, -0.2) is 21.9 Å². The largest absolute Gasteiger partial charge is 0.321 e. The minimum absolute atomic E-state index is 0.214. The number of aryl methyl sites for hydroxylation is 1. The monoisotopic (exact) mass is 289 g/mol. The van der Waals surface area contributed by atoms with Crippen molar-refractivity contribution in [1.82, 2.24) is 9.78 Å². The predicted molar refractivity (Wildman–Crippen MR) is 80.3 cm³/mol. The zero-order valence-corrected chi connectivity index (χ0v) is 12.1. The van der Waals surface area contributed by atoms with E-state index in [0.29, 0.717) is 12.2 Å². The molecule has 0 aliphatic rings. The quantitative estimate of drug-likeness (QED) is 0.877. The number of nitrogens with zero attached hydrogens (tertiary/aromatic N) is 2. The van der Waals surface area contributed by atoms with E-state index in [9.17, 15) is 9.59 Å². The summed E-state index contributed by atoms with van der Waals surface area (Å²) < 4.78 is 1.26. The summed E-state index contributed by atoms with van der Waals surface area (Å²) in [5.41, 5.74) is 0.706. The van der Waals surface area contributed by atoms with Crippen LogP contribution < -0.4 is 10.9 Å². The first kappa shape index (κ1) is 14.3. The minimum atomic E-state index is -0.330. The molecule has 0 fully saturated rings. The van der Waals surface area contributed by atoms with Crippen molar-refractivity contribution in [2.24, 2.45) is 0 Å². The molecule has 2 rings (SSSR count). The lowest BCUT2D eigenvalue weighted by Crippen LogP contribution is -2.25. The number of hydrogen-bond donors (Lipinski definition) is 1. The van der Waals surface area contributed by atoms with Gasteiger partial charge in [0.15, 0.2) is 0 Å². The molecule has 6 heteroatoms. The fourth-order valence-corrected chi connectivity index (χ4v) is 2.07. The van der Waals surface area contributed by atoms with E-state index in [1.54, 1.807) is 18.7 Å². The number of carbonyl (C=O) groups excluding carboxylic acids is 1. The third-order valence-corrected chi connectivity index (χ3v) is 3.49. The Bertz CT molecular complexity index is 665. The van der Waals surface area contributed by atoms with Crippen LogP contribution in [-0.2, 0) is 6.54 Å². The first-order valence-electron chi connectivity index (χ1n) is 6.17. The van der Waals surface area contributed by atoms with Crippen molar-refractivity contribution < 1.29 is 4.79 Å². The maximum Gasteiger partial charge on any atom is 0.276 e. The van der Waals surface area contributed by atoms with Gasteiger partial charge in [0.25, 0.3) is 11.5 Å². The van der Waals surface area contributed by atoms with Crippen LogP contribution in [0.15, 0.2) is 46.1 Å². The molecule has 1 N–H and O–H groups in total. The smallest absolute Gasteiger partial charge is 0.276 e. The first-order valence-corrected chi connectivity index (χ1v) is 7.40. The highest BCUT2D eigenvalue weighted by Crippen LogP contribution is 2.17. The molecule has 0 unspecified atom stereocenters. The molecule has 0 radical (unpaired) electrons. The average molecular weight is 289 g/mol. The Labute approximate surface area is 121 Å². The Kier molecular flexibility index (Phi) is 4.57. The number of nitrogens with one attached hydrogen (secondary N) is 1. The number of amides is 1. The molecule has 0 aliphatic heterocycles. The Hall–Kier alpha value is -2.08. The number of hydrogen-bond acceptors (Lipinski definition) is 4. The van der Waals surface area contributed by atoms with Crippen molar-refractivity contribution in [3.05, 3.63) is 52.4 Å². The highest BCUT2D eigenvalue weighted by atomic mass is 32.2. The lowest BCUT2D eigenvalue weighted by molar-refractivity contribution is 0.102. The highest BCUT2D eigenvalue weighted by molar-refractivity contribution is 7.98. The number of aromatic nitrogens is 2. The van der Waals surface area contributed by atoms with Gasteiger partial charge >= 0.3 is 0 Å². The predicted octanol–water partition coefficient (Wildman–Crippen LogP) is 2.24. The maximum absolute atomic E-state index is 12.1. The van der Waals surface area contributed by atoms with Crippen LogP contribution in [0.3, 0.4) is 0 Å². The van der Waals surface area contributed by atoms with E-state index in [2.05, 4.69) is 10.4 Å². The van der Waals surface area contributed by atoms with E-state index in [4.69, 9.17) is 0 Å². The zero-order chi connectivity index (χ0) is 14.5. The summed E-state index contributed by atoms with van der Waals surface area (Å²) >= 11 is 1.64. The van der Waals surface area contributed by atoms with Crippen molar-refractivity contribution in [3.8, 4) is 0 Å². The fourth-order valence-electron chi connectivity index (χ4n) is 1.67. The van der Waals surface area contributed by atoms with E-state index in [1.165, 1.54) is 16.8 Å². The summed E-state index contributed by atoms with van der Waals surface area (Å²) in [6, 6.07) is 10.3. The fraction of sp³-hybridized carbons (Fsp3) is 0.214. The number of anilines is 1. The number of benzene rings is 1. The van der Waals surface area contributed by atoms with Gasteiger partial charge in [-0.2, -0.15) is 5.10 Å².